The molecule has 1 aliphatic carbocycles. The number of anilines is 1. The molecular weight excluding hydrogens is 216 g/mol. The summed E-state index contributed by atoms with van der Waals surface area (Å²) in [5, 5.41) is 14.4. The van der Waals surface area contributed by atoms with E-state index in [0.29, 0.717) is 16.8 Å². The van der Waals surface area contributed by atoms with Crippen LogP contribution in [0.2, 0.25) is 5.02 Å². The van der Waals surface area contributed by atoms with E-state index < -0.39 is 4.92 Å². The number of hydrogen-bond acceptors (Lipinski definition) is 3. The molecule has 15 heavy (non-hydrogen) atoms. The van der Waals surface area contributed by atoms with E-state index in [9.17, 15) is 10.1 Å². The second kappa shape index (κ2) is 4.06. The van der Waals surface area contributed by atoms with Crippen molar-refractivity contribution >= 4 is 23.0 Å². The average molecular weight is 227 g/mol. The Morgan fingerprint density at radius 1 is 1.47 bits per heavy atom. The van der Waals surface area contributed by atoms with Gasteiger partial charge in [0.2, 0.25) is 0 Å². The van der Waals surface area contributed by atoms with Gasteiger partial charge < -0.3 is 5.32 Å². The molecule has 0 aromatic heterocycles. The van der Waals surface area contributed by atoms with Crippen LogP contribution >= 0.6 is 11.6 Å². The van der Waals surface area contributed by atoms with Gasteiger partial charge in [0.25, 0.3) is 5.69 Å². The number of nitrogens with one attached hydrogen (secondary N) is 1. The highest BCUT2D eigenvalue weighted by atomic mass is 35.5. The van der Waals surface area contributed by atoms with Gasteiger partial charge in [0.1, 0.15) is 5.69 Å². The molecule has 1 saturated carbocycles. The summed E-state index contributed by atoms with van der Waals surface area (Å²) in [7, 11) is 0. The van der Waals surface area contributed by atoms with Crippen molar-refractivity contribution in [3.05, 3.63) is 33.3 Å². The zero-order valence-corrected chi connectivity index (χ0v) is 8.83. The maximum absolute atomic E-state index is 10.7. The molecule has 0 radical (unpaired) electrons. The topological polar surface area (TPSA) is 55.2 Å². The van der Waals surface area contributed by atoms with Crippen molar-refractivity contribution in [1.82, 2.24) is 0 Å². The maximum Gasteiger partial charge on any atom is 0.292 e. The molecule has 5 heteroatoms. The fraction of sp³-hybridized carbons (Fsp3) is 0.400. The minimum absolute atomic E-state index is 0.0892. The zero-order chi connectivity index (χ0) is 10.8. The number of halogens is 1. The van der Waals surface area contributed by atoms with E-state index in [4.69, 9.17) is 11.6 Å². The lowest BCUT2D eigenvalue weighted by molar-refractivity contribution is -0.384. The fourth-order valence-corrected chi connectivity index (χ4v) is 1.73. The minimum atomic E-state index is -0.392. The Morgan fingerprint density at radius 3 is 2.73 bits per heavy atom. The molecule has 1 fully saturated rings. The summed E-state index contributed by atoms with van der Waals surface area (Å²) in [5.41, 5.74) is 0.614. The van der Waals surface area contributed by atoms with E-state index in [0.717, 1.165) is 12.8 Å². The molecule has 2 rings (SSSR count). The van der Waals surface area contributed by atoms with Crippen LogP contribution in [-0.4, -0.2) is 11.0 Å². The van der Waals surface area contributed by atoms with Crippen molar-refractivity contribution in [2.24, 2.45) is 0 Å². The molecule has 1 aromatic carbocycles. The summed E-state index contributed by atoms with van der Waals surface area (Å²) in [6, 6.07) is 4.94. The molecule has 0 saturated heterocycles. The quantitative estimate of drug-likeness (QED) is 0.636. The average Bonchev–Trinajstić information content (AvgIpc) is 2.11. The summed E-state index contributed by atoms with van der Waals surface area (Å²) in [5.74, 6) is 0. The Labute approximate surface area is 92.4 Å². The molecule has 80 valence electrons. The van der Waals surface area contributed by atoms with E-state index in [2.05, 4.69) is 5.32 Å². The predicted molar refractivity (Wildman–Crippen MR) is 59.4 cm³/mol. The van der Waals surface area contributed by atoms with Crippen LogP contribution in [-0.2, 0) is 0 Å². The van der Waals surface area contributed by atoms with Crippen LogP contribution in [0.3, 0.4) is 0 Å². The third-order valence-electron chi connectivity index (χ3n) is 2.62. The number of nitro benzene ring substituents is 1. The van der Waals surface area contributed by atoms with Crippen molar-refractivity contribution < 1.29 is 4.92 Å². The molecular formula is C10H11ClN2O2. The predicted octanol–water partition coefficient (Wildman–Crippen LogP) is 3.21. The SMILES string of the molecule is O=[N+]([O-])c1ccc(Cl)cc1NC1CCC1. The van der Waals surface area contributed by atoms with Gasteiger partial charge in [-0.1, -0.05) is 11.6 Å². The molecule has 0 bridgehead atoms. The monoisotopic (exact) mass is 226 g/mol. The van der Waals surface area contributed by atoms with Crippen LogP contribution in [0.25, 0.3) is 0 Å². The number of nitrogens with zero attached hydrogens (tertiary/aromatic N) is 1. The minimum Gasteiger partial charge on any atom is -0.377 e. The Bertz CT molecular complexity index is 391. The second-order valence-corrected chi connectivity index (χ2v) is 4.13. The molecule has 4 nitrogen and oxygen atoms in total. The third kappa shape index (κ3) is 2.21. The second-order valence-electron chi connectivity index (χ2n) is 3.69. The Kier molecular flexibility index (Phi) is 2.77. The van der Waals surface area contributed by atoms with Gasteiger partial charge in [0, 0.05) is 17.1 Å². The highest BCUT2D eigenvalue weighted by Crippen LogP contribution is 2.31. The molecule has 0 aliphatic heterocycles. The zero-order valence-electron chi connectivity index (χ0n) is 8.07. The first-order chi connectivity index (χ1) is 7.16. The summed E-state index contributed by atoms with van der Waals surface area (Å²) in [6.45, 7) is 0. The Morgan fingerprint density at radius 2 is 2.20 bits per heavy atom. The fourth-order valence-electron chi connectivity index (χ4n) is 1.56. The van der Waals surface area contributed by atoms with Crippen molar-refractivity contribution in [2.45, 2.75) is 25.3 Å². The molecule has 0 unspecified atom stereocenters. The molecule has 1 N–H and O–H groups in total. The standard InChI is InChI=1S/C10H11ClN2O2/c11-7-4-5-10(13(14)15)9(6-7)12-8-2-1-3-8/h4-6,8,12H,1-3H2. The summed E-state index contributed by atoms with van der Waals surface area (Å²) < 4.78 is 0. The van der Waals surface area contributed by atoms with E-state index in [-0.39, 0.29) is 5.69 Å². The van der Waals surface area contributed by atoms with Crippen molar-refractivity contribution in [2.75, 3.05) is 5.32 Å². The van der Waals surface area contributed by atoms with Crippen LogP contribution < -0.4 is 5.32 Å². The van der Waals surface area contributed by atoms with Gasteiger partial charge in [-0.3, -0.25) is 10.1 Å². The van der Waals surface area contributed by atoms with E-state index in [1.54, 1.807) is 6.07 Å². The highest BCUT2D eigenvalue weighted by Gasteiger charge is 2.21. The van der Waals surface area contributed by atoms with Gasteiger partial charge >= 0.3 is 0 Å². The van der Waals surface area contributed by atoms with Crippen LogP contribution in [0.5, 0.6) is 0 Å². The van der Waals surface area contributed by atoms with E-state index in [1.807, 2.05) is 0 Å². The lowest BCUT2D eigenvalue weighted by atomic mass is 9.93. The van der Waals surface area contributed by atoms with Crippen molar-refractivity contribution in [3.8, 4) is 0 Å². The maximum atomic E-state index is 10.7. The first-order valence-corrected chi connectivity index (χ1v) is 5.25. The number of hydrogen-bond donors (Lipinski definition) is 1. The molecule has 1 aliphatic rings. The van der Waals surface area contributed by atoms with Gasteiger partial charge in [0.15, 0.2) is 0 Å². The van der Waals surface area contributed by atoms with Crippen LogP contribution in [0.15, 0.2) is 18.2 Å². The van der Waals surface area contributed by atoms with Crippen molar-refractivity contribution in [3.63, 3.8) is 0 Å². The summed E-state index contributed by atoms with van der Waals surface area (Å²) in [6.07, 6.45) is 3.33. The lowest BCUT2D eigenvalue weighted by Crippen LogP contribution is -2.27. The number of rotatable bonds is 3. The molecule has 0 spiro atoms. The van der Waals surface area contributed by atoms with Gasteiger partial charge in [-0.25, -0.2) is 0 Å². The largest absolute Gasteiger partial charge is 0.377 e. The van der Waals surface area contributed by atoms with E-state index in [1.165, 1.54) is 18.6 Å². The first kappa shape index (κ1) is 10.2. The molecule has 0 amide bonds. The number of benzene rings is 1. The summed E-state index contributed by atoms with van der Waals surface area (Å²) in [4.78, 5) is 10.4. The normalized spacial score (nSPS) is 15.8. The van der Waals surface area contributed by atoms with Crippen LogP contribution in [0.1, 0.15) is 19.3 Å². The smallest absolute Gasteiger partial charge is 0.292 e. The highest BCUT2D eigenvalue weighted by molar-refractivity contribution is 6.31. The van der Waals surface area contributed by atoms with Gasteiger partial charge in [-0.15, -0.1) is 0 Å². The third-order valence-corrected chi connectivity index (χ3v) is 2.86. The summed E-state index contributed by atoms with van der Waals surface area (Å²) >= 11 is 5.80. The van der Waals surface area contributed by atoms with Gasteiger partial charge in [-0.05, 0) is 31.4 Å². The Hall–Kier alpha value is -1.29. The van der Waals surface area contributed by atoms with E-state index >= 15 is 0 Å². The lowest BCUT2D eigenvalue weighted by Gasteiger charge is -2.27. The van der Waals surface area contributed by atoms with Crippen LogP contribution in [0, 0.1) is 10.1 Å². The van der Waals surface area contributed by atoms with Gasteiger partial charge in [0.05, 0.1) is 4.92 Å². The number of nitro groups is 1. The molecule has 1 aromatic rings. The Balaban J connectivity index is 2.24. The molecule has 0 atom stereocenters. The van der Waals surface area contributed by atoms with Crippen molar-refractivity contribution in [1.29, 1.82) is 0 Å². The molecule has 0 heterocycles. The van der Waals surface area contributed by atoms with Gasteiger partial charge in [-0.2, -0.15) is 0 Å². The first-order valence-electron chi connectivity index (χ1n) is 4.87. The van der Waals surface area contributed by atoms with Crippen LogP contribution in [0.4, 0.5) is 11.4 Å².